The van der Waals surface area contributed by atoms with Gasteiger partial charge < -0.3 is 4.74 Å². The van der Waals surface area contributed by atoms with Crippen LogP contribution in [0.15, 0.2) is 18.2 Å². The van der Waals surface area contributed by atoms with Gasteiger partial charge in [0, 0.05) is 0 Å². The Bertz CT molecular complexity index is 340. The van der Waals surface area contributed by atoms with E-state index in [0.29, 0.717) is 0 Å². The van der Waals surface area contributed by atoms with Crippen LogP contribution in [0.5, 0.6) is 5.75 Å². The van der Waals surface area contributed by atoms with Gasteiger partial charge in [-0.2, -0.15) is 0 Å². The number of aryl methyl sites for hydroxylation is 2. The van der Waals surface area contributed by atoms with E-state index in [1.807, 2.05) is 32.0 Å². The zero-order valence-electron chi connectivity index (χ0n) is 9.13. The lowest BCUT2D eigenvalue weighted by molar-refractivity contribution is -0.119. The van der Waals surface area contributed by atoms with Crippen molar-refractivity contribution in [2.45, 2.75) is 33.3 Å². The number of carbonyl (C=O) groups is 1. The first-order chi connectivity index (χ1) is 6.44. The van der Waals surface area contributed by atoms with E-state index in [0.717, 1.165) is 17.6 Å². The van der Waals surface area contributed by atoms with Crippen LogP contribution in [0.2, 0.25) is 0 Å². The first-order valence-corrected chi connectivity index (χ1v) is 4.67. The first-order valence-electron chi connectivity index (χ1n) is 4.67. The lowest BCUT2D eigenvalue weighted by Crippen LogP contribution is -2.30. The van der Waals surface area contributed by atoms with E-state index >= 15 is 0 Å². The van der Waals surface area contributed by atoms with Crippen LogP contribution in [0.1, 0.15) is 25.0 Å². The molecule has 14 heavy (non-hydrogen) atoms. The van der Waals surface area contributed by atoms with Crippen molar-refractivity contribution in [1.82, 2.24) is 0 Å². The van der Waals surface area contributed by atoms with Crippen molar-refractivity contribution in [3.63, 3.8) is 0 Å². The Morgan fingerprint density at radius 3 is 2.43 bits per heavy atom. The molecule has 0 unspecified atom stereocenters. The van der Waals surface area contributed by atoms with E-state index in [1.54, 1.807) is 13.8 Å². The molecule has 1 aromatic carbocycles. The maximum atomic E-state index is 10.7. The van der Waals surface area contributed by atoms with Gasteiger partial charge in [0.15, 0.2) is 11.9 Å². The molecule has 0 spiro atoms. The summed E-state index contributed by atoms with van der Waals surface area (Å²) in [6.45, 7) is 7.50. The van der Waals surface area contributed by atoms with Crippen molar-refractivity contribution < 1.29 is 9.53 Å². The zero-order chi connectivity index (χ0) is 10.8. The standard InChI is InChI=1S/C12H16O2/c1-9-5-6-11(10(2)7-9)14-12(3,4)8-13/h5-8H,1-4H3. The largest absolute Gasteiger partial charge is 0.480 e. The fourth-order valence-electron chi connectivity index (χ4n) is 1.22. The smallest absolute Gasteiger partial charge is 0.162 e. The van der Waals surface area contributed by atoms with Crippen LogP contribution < -0.4 is 4.74 Å². The average Bonchev–Trinajstić information content (AvgIpc) is 2.10. The number of benzene rings is 1. The summed E-state index contributed by atoms with van der Waals surface area (Å²) in [6.07, 6.45) is 0.812. The molecular formula is C12H16O2. The predicted octanol–water partition coefficient (Wildman–Crippen LogP) is 2.66. The van der Waals surface area contributed by atoms with Crippen LogP contribution in [0.3, 0.4) is 0 Å². The first kappa shape index (κ1) is 10.8. The van der Waals surface area contributed by atoms with E-state index in [2.05, 4.69) is 0 Å². The van der Waals surface area contributed by atoms with Crippen molar-refractivity contribution in [2.24, 2.45) is 0 Å². The number of hydrogen-bond donors (Lipinski definition) is 0. The summed E-state index contributed by atoms with van der Waals surface area (Å²) >= 11 is 0. The number of ether oxygens (including phenoxy) is 1. The number of aldehydes is 1. The Morgan fingerprint density at radius 1 is 1.29 bits per heavy atom. The second kappa shape index (κ2) is 3.82. The summed E-state index contributed by atoms with van der Waals surface area (Å²) in [5.74, 6) is 0.771. The molecule has 0 aromatic heterocycles. The average molecular weight is 192 g/mol. The van der Waals surface area contributed by atoms with Crippen LogP contribution in [0.4, 0.5) is 0 Å². The van der Waals surface area contributed by atoms with E-state index in [9.17, 15) is 4.79 Å². The van der Waals surface area contributed by atoms with E-state index in [1.165, 1.54) is 5.56 Å². The highest BCUT2D eigenvalue weighted by molar-refractivity contribution is 5.62. The Morgan fingerprint density at radius 2 is 1.93 bits per heavy atom. The Kier molecular flexibility index (Phi) is 2.94. The van der Waals surface area contributed by atoms with Crippen LogP contribution in [0.25, 0.3) is 0 Å². The van der Waals surface area contributed by atoms with Crippen molar-refractivity contribution in [1.29, 1.82) is 0 Å². The third kappa shape index (κ3) is 2.59. The van der Waals surface area contributed by atoms with Gasteiger partial charge in [0.1, 0.15) is 5.75 Å². The monoisotopic (exact) mass is 192 g/mol. The topological polar surface area (TPSA) is 26.3 Å². The zero-order valence-corrected chi connectivity index (χ0v) is 9.13. The fourth-order valence-corrected chi connectivity index (χ4v) is 1.22. The van der Waals surface area contributed by atoms with Crippen molar-refractivity contribution in [3.05, 3.63) is 29.3 Å². The molecule has 0 radical (unpaired) electrons. The van der Waals surface area contributed by atoms with Gasteiger partial charge in [-0.1, -0.05) is 17.7 Å². The lowest BCUT2D eigenvalue weighted by atomic mass is 10.1. The van der Waals surface area contributed by atoms with Crippen molar-refractivity contribution in [2.75, 3.05) is 0 Å². The summed E-state index contributed by atoms with van der Waals surface area (Å²) in [6, 6.07) is 5.91. The summed E-state index contributed by atoms with van der Waals surface area (Å²) < 4.78 is 5.57. The molecule has 0 saturated carbocycles. The third-order valence-corrected chi connectivity index (χ3v) is 1.99. The maximum Gasteiger partial charge on any atom is 0.162 e. The van der Waals surface area contributed by atoms with Gasteiger partial charge in [0.2, 0.25) is 0 Å². The van der Waals surface area contributed by atoms with Gasteiger partial charge in [0.05, 0.1) is 0 Å². The van der Waals surface area contributed by atoms with Gasteiger partial charge in [0.25, 0.3) is 0 Å². The second-order valence-electron chi connectivity index (χ2n) is 4.09. The van der Waals surface area contributed by atoms with E-state index < -0.39 is 5.60 Å². The van der Waals surface area contributed by atoms with Crippen LogP contribution in [0, 0.1) is 13.8 Å². The summed E-state index contributed by atoms with van der Waals surface area (Å²) in [7, 11) is 0. The SMILES string of the molecule is Cc1ccc(OC(C)(C)C=O)c(C)c1. The minimum absolute atomic E-state index is 0.750. The third-order valence-electron chi connectivity index (χ3n) is 1.99. The highest BCUT2D eigenvalue weighted by Gasteiger charge is 2.18. The summed E-state index contributed by atoms with van der Waals surface area (Å²) in [5, 5.41) is 0. The van der Waals surface area contributed by atoms with Gasteiger partial charge in [-0.3, -0.25) is 4.79 Å². The molecule has 0 saturated heterocycles. The van der Waals surface area contributed by atoms with Gasteiger partial charge in [-0.25, -0.2) is 0 Å². The highest BCUT2D eigenvalue weighted by Crippen LogP contribution is 2.22. The summed E-state index contributed by atoms with van der Waals surface area (Å²) in [4.78, 5) is 10.7. The minimum atomic E-state index is -0.750. The quantitative estimate of drug-likeness (QED) is 0.688. The summed E-state index contributed by atoms with van der Waals surface area (Å²) in [5.41, 5.74) is 1.50. The Balaban J connectivity index is 2.92. The Hall–Kier alpha value is -1.31. The van der Waals surface area contributed by atoms with Crippen LogP contribution in [-0.4, -0.2) is 11.9 Å². The van der Waals surface area contributed by atoms with Crippen LogP contribution in [-0.2, 0) is 4.79 Å². The molecular weight excluding hydrogens is 176 g/mol. The molecule has 2 nitrogen and oxygen atoms in total. The number of hydrogen-bond acceptors (Lipinski definition) is 2. The normalized spacial score (nSPS) is 11.1. The van der Waals surface area contributed by atoms with Gasteiger partial charge in [-0.15, -0.1) is 0 Å². The minimum Gasteiger partial charge on any atom is -0.480 e. The molecule has 1 rings (SSSR count). The molecule has 0 fully saturated rings. The molecule has 0 aliphatic rings. The molecule has 0 amide bonds. The molecule has 0 aliphatic carbocycles. The van der Waals surface area contributed by atoms with E-state index in [-0.39, 0.29) is 0 Å². The molecule has 0 N–H and O–H groups in total. The maximum absolute atomic E-state index is 10.7. The van der Waals surface area contributed by atoms with Crippen LogP contribution >= 0.6 is 0 Å². The van der Waals surface area contributed by atoms with Gasteiger partial charge in [-0.05, 0) is 39.3 Å². The molecule has 0 aliphatic heterocycles. The van der Waals surface area contributed by atoms with Crippen molar-refractivity contribution in [3.8, 4) is 5.75 Å². The van der Waals surface area contributed by atoms with E-state index in [4.69, 9.17) is 4.74 Å². The number of carbonyl (C=O) groups excluding carboxylic acids is 1. The highest BCUT2D eigenvalue weighted by atomic mass is 16.5. The Labute approximate surface area is 84.9 Å². The molecule has 0 bridgehead atoms. The molecule has 0 atom stereocenters. The fraction of sp³-hybridized carbons (Fsp3) is 0.417. The number of rotatable bonds is 3. The molecule has 0 heterocycles. The molecule has 1 aromatic rings. The lowest BCUT2D eigenvalue weighted by Gasteiger charge is -2.21. The van der Waals surface area contributed by atoms with Crippen molar-refractivity contribution >= 4 is 6.29 Å². The predicted molar refractivity (Wildman–Crippen MR) is 56.7 cm³/mol. The second-order valence-corrected chi connectivity index (χ2v) is 4.09. The molecule has 2 heteroatoms. The molecule has 76 valence electrons. The van der Waals surface area contributed by atoms with Gasteiger partial charge >= 0.3 is 0 Å².